The van der Waals surface area contributed by atoms with Crippen LogP contribution in [0.1, 0.15) is 11.1 Å². The Bertz CT molecular complexity index is 1230. The van der Waals surface area contributed by atoms with Crippen LogP contribution in [0.5, 0.6) is 0 Å². The number of thiocarbonyl (C=S) groups is 1. The van der Waals surface area contributed by atoms with Crippen LogP contribution >= 0.6 is 12.2 Å². The number of hydrogen-bond donors (Lipinski definition) is 1. The molecule has 1 aliphatic rings. The van der Waals surface area contributed by atoms with Gasteiger partial charge >= 0.3 is 0 Å². The second-order valence-electron chi connectivity index (χ2n) is 6.68. The number of aromatic nitrogens is 1. The normalized spacial score (nSPS) is 15.7. The van der Waals surface area contributed by atoms with Crippen LogP contribution in [0.2, 0.25) is 0 Å². The van der Waals surface area contributed by atoms with E-state index in [1.165, 1.54) is 4.90 Å². The van der Waals surface area contributed by atoms with Crippen LogP contribution < -0.4 is 10.2 Å². The molecule has 7 heteroatoms. The van der Waals surface area contributed by atoms with Gasteiger partial charge in [0, 0.05) is 22.7 Å². The highest BCUT2D eigenvalue weighted by atomic mass is 32.1. The van der Waals surface area contributed by atoms with Crippen LogP contribution in [0.25, 0.3) is 17.0 Å². The van der Waals surface area contributed by atoms with Crippen LogP contribution in [0, 0.1) is 18.3 Å². The van der Waals surface area contributed by atoms with Gasteiger partial charge in [-0.1, -0.05) is 35.9 Å². The number of carbonyl (C=O) groups is 2. The lowest BCUT2D eigenvalue weighted by Gasteiger charge is -2.29. The molecule has 1 saturated heterocycles. The molecule has 1 aliphatic heterocycles. The first-order valence-corrected chi connectivity index (χ1v) is 9.33. The minimum absolute atomic E-state index is 0.0148. The van der Waals surface area contributed by atoms with Gasteiger partial charge < -0.3 is 4.57 Å². The van der Waals surface area contributed by atoms with Gasteiger partial charge in [-0.2, -0.15) is 5.26 Å². The highest BCUT2D eigenvalue weighted by Gasteiger charge is 2.34. The maximum atomic E-state index is 13.2. The van der Waals surface area contributed by atoms with E-state index < -0.39 is 11.8 Å². The Kier molecular flexibility index (Phi) is 4.71. The Balaban J connectivity index is 1.81. The van der Waals surface area contributed by atoms with Crippen LogP contribution in [0.3, 0.4) is 0 Å². The van der Waals surface area contributed by atoms with Crippen LogP contribution in [0.4, 0.5) is 5.69 Å². The van der Waals surface area contributed by atoms with Gasteiger partial charge in [-0.3, -0.25) is 19.8 Å². The average molecular weight is 400 g/mol. The summed E-state index contributed by atoms with van der Waals surface area (Å²) >= 11 is 5.24. The predicted octanol–water partition coefficient (Wildman–Crippen LogP) is 3.30. The Morgan fingerprint density at radius 2 is 1.86 bits per heavy atom. The van der Waals surface area contributed by atoms with Crippen LogP contribution in [-0.4, -0.2) is 21.5 Å². The Morgan fingerprint density at radius 1 is 1.14 bits per heavy atom. The molecular formula is C22H16N4O2S. The molecule has 6 nitrogen and oxygen atoms in total. The number of aryl methyl sites for hydroxylation is 1. The van der Waals surface area contributed by atoms with Crippen LogP contribution in [0.15, 0.2) is 60.3 Å². The highest BCUT2D eigenvalue weighted by Crippen LogP contribution is 2.26. The third kappa shape index (κ3) is 3.30. The lowest BCUT2D eigenvalue weighted by molar-refractivity contribution is -0.122. The maximum absolute atomic E-state index is 13.2. The lowest BCUT2D eigenvalue weighted by atomic mass is 10.1. The van der Waals surface area contributed by atoms with E-state index in [-0.39, 0.29) is 17.2 Å². The number of nitrogens with zero attached hydrogens (tertiary/aromatic N) is 3. The van der Waals surface area contributed by atoms with Crippen molar-refractivity contribution in [3.05, 3.63) is 71.4 Å². The molecule has 142 valence electrons. The van der Waals surface area contributed by atoms with Gasteiger partial charge in [0.2, 0.25) is 0 Å². The molecule has 2 heterocycles. The second kappa shape index (κ2) is 7.34. The van der Waals surface area contributed by atoms with E-state index in [1.807, 2.05) is 43.3 Å². The first-order valence-electron chi connectivity index (χ1n) is 8.92. The highest BCUT2D eigenvalue weighted by molar-refractivity contribution is 7.80. The molecule has 29 heavy (non-hydrogen) atoms. The fraction of sp³-hybridized carbons (Fsp3) is 0.0909. The third-order valence-electron chi connectivity index (χ3n) is 4.75. The number of nitriles is 1. The van der Waals surface area contributed by atoms with Crippen molar-refractivity contribution >= 4 is 51.8 Å². The molecule has 0 atom stereocenters. The van der Waals surface area contributed by atoms with Crippen molar-refractivity contribution in [1.29, 1.82) is 5.26 Å². The van der Waals surface area contributed by atoms with Gasteiger partial charge in [0.25, 0.3) is 11.8 Å². The number of benzene rings is 2. The summed E-state index contributed by atoms with van der Waals surface area (Å²) < 4.78 is 1.79. The smallest absolute Gasteiger partial charge is 0.270 e. The summed E-state index contributed by atoms with van der Waals surface area (Å²) in [4.78, 5) is 27.0. The van der Waals surface area contributed by atoms with Gasteiger partial charge in [0.1, 0.15) is 12.1 Å². The molecule has 0 unspecified atom stereocenters. The first-order chi connectivity index (χ1) is 14.0. The summed E-state index contributed by atoms with van der Waals surface area (Å²) in [6, 6.07) is 17.0. The minimum atomic E-state index is -0.541. The summed E-state index contributed by atoms with van der Waals surface area (Å²) in [5.41, 5.74) is 3.16. The summed E-state index contributed by atoms with van der Waals surface area (Å²) in [6.07, 6.45) is 3.32. The van der Waals surface area contributed by atoms with E-state index >= 15 is 0 Å². The molecule has 2 aromatic carbocycles. The topological polar surface area (TPSA) is 78.1 Å². The Morgan fingerprint density at radius 3 is 2.59 bits per heavy atom. The number of amides is 2. The fourth-order valence-corrected chi connectivity index (χ4v) is 3.62. The van der Waals surface area contributed by atoms with E-state index in [9.17, 15) is 9.59 Å². The molecule has 2 amide bonds. The van der Waals surface area contributed by atoms with Crippen molar-refractivity contribution in [3.8, 4) is 6.07 Å². The van der Waals surface area contributed by atoms with Crippen LogP contribution in [-0.2, 0) is 16.1 Å². The number of hydrogen-bond acceptors (Lipinski definition) is 4. The summed E-state index contributed by atoms with van der Waals surface area (Å²) in [5.74, 6) is -1.03. The zero-order chi connectivity index (χ0) is 20.5. The molecule has 0 radical (unpaired) electrons. The van der Waals surface area contributed by atoms with Gasteiger partial charge in [0.15, 0.2) is 5.11 Å². The SMILES string of the molecule is Cc1ccc(N2C(=O)C(=Cc3cn(CC#N)c4ccccc34)C(=O)NC2=S)cc1. The minimum Gasteiger partial charge on any atom is -0.333 e. The van der Waals surface area contributed by atoms with Gasteiger partial charge in [0.05, 0.1) is 11.8 Å². The zero-order valence-electron chi connectivity index (χ0n) is 15.5. The second-order valence-corrected chi connectivity index (χ2v) is 7.07. The maximum Gasteiger partial charge on any atom is 0.270 e. The van der Waals surface area contributed by atoms with Gasteiger partial charge in [-0.15, -0.1) is 0 Å². The monoisotopic (exact) mass is 400 g/mol. The number of carbonyl (C=O) groups excluding carboxylic acids is 2. The van der Waals surface area contributed by atoms with E-state index in [0.29, 0.717) is 11.3 Å². The number of fused-ring (bicyclic) bond motifs is 1. The van der Waals surface area contributed by atoms with E-state index in [0.717, 1.165) is 16.5 Å². The van der Waals surface area contributed by atoms with E-state index in [2.05, 4.69) is 11.4 Å². The first kappa shape index (κ1) is 18.6. The fourth-order valence-electron chi connectivity index (χ4n) is 3.34. The molecule has 3 aromatic rings. The van der Waals surface area contributed by atoms with Crippen molar-refractivity contribution in [2.75, 3.05) is 4.90 Å². The molecular weight excluding hydrogens is 384 g/mol. The molecule has 1 fully saturated rings. The lowest BCUT2D eigenvalue weighted by Crippen LogP contribution is -2.54. The van der Waals surface area contributed by atoms with E-state index in [4.69, 9.17) is 17.5 Å². The van der Waals surface area contributed by atoms with E-state index in [1.54, 1.807) is 29.0 Å². The molecule has 1 N–H and O–H groups in total. The number of nitrogens with one attached hydrogen (secondary N) is 1. The zero-order valence-corrected chi connectivity index (χ0v) is 16.4. The van der Waals surface area contributed by atoms with Crippen molar-refractivity contribution in [2.24, 2.45) is 0 Å². The number of rotatable bonds is 3. The van der Waals surface area contributed by atoms with Gasteiger partial charge in [-0.05, 0) is 43.4 Å². The summed E-state index contributed by atoms with van der Waals surface area (Å²) in [6.45, 7) is 2.12. The molecule has 0 aliphatic carbocycles. The van der Waals surface area contributed by atoms with Crippen molar-refractivity contribution in [3.63, 3.8) is 0 Å². The largest absolute Gasteiger partial charge is 0.333 e. The summed E-state index contributed by atoms with van der Waals surface area (Å²) in [7, 11) is 0. The standard InChI is InChI=1S/C22H16N4O2S/c1-14-6-8-16(9-7-14)26-21(28)18(20(27)24-22(26)29)12-15-13-25(11-10-23)19-5-3-2-4-17(15)19/h2-9,12-13H,11H2,1H3,(H,24,27,29). The number of anilines is 1. The number of para-hydroxylation sites is 1. The Hall–Kier alpha value is -3.76. The molecule has 1 aromatic heterocycles. The Labute approximate surface area is 172 Å². The quantitative estimate of drug-likeness (QED) is 0.416. The average Bonchev–Trinajstić information content (AvgIpc) is 3.04. The van der Waals surface area contributed by atoms with Crippen molar-refractivity contribution < 1.29 is 9.59 Å². The third-order valence-corrected chi connectivity index (χ3v) is 5.04. The molecule has 0 spiro atoms. The molecule has 0 saturated carbocycles. The van der Waals surface area contributed by atoms with Gasteiger partial charge in [-0.25, -0.2) is 0 Å². The molecule has 0 bridgehead atoms. The molecule has 4 rings (SSSR count). The summed E-state index contributed by atoms with van der Waals surface area (Å²) in [5, 5.41) is 12.6. The predicted molar refractivity (Wildman–Crippen MR) is 115 cm³/mol. The van der Waals surface area contributed by atoms with Crippen molar-refractivity contribution in [1.82, 2.24) is 9.88 Å². The van der Waals surface area contributed by atoms with Crippen molar-refractivity contribution in [2.45, 2.75) is 13.5 Å².